The molecule has 4 unspecified atom stereocenters. The summed E-state index contributed by atoms with van der Waals surface area (Å²) >= 11 is 0. The van der Waals surface area contributed by atoms with E-state index in [1.807, 2.05) is 30.7 Å². The Labute approximate surface area is 749 Å². The Hall–Kier alpha value is -10.3. The summed E-state index contributed by atoms with van der Waals surface area (Å²) in [4.78, 5) is 179. The van der Waals surface area contributed by atoms with E-state index in [0.717, 1.165) is 40.3 Å². The molecule has 2 fully saturated rings. The Morgan fingerprint density at radius 3 is 1.25 bits per heavy atom. The number of carbonyl (C=O) groups is 8. The van der Waals surface area contributed by atoms with Crippen molar-refractivity contribution in [2.45, 2.75) is 279 Å². The van der Waals surface area contributed by atoms with E-state index < -0.39 is 182 Å². The summed E-state index contributed by atoms with van der Waals surface area (Å²) in [6, 6.07) is 2.05. The zero-order valence-corrected chi connectivity index (χ0v) is 79.2. The van der Waals surface area contributed by atoms with Gasteiger partial charge in [-0.3, -0.25) is 51.6 Å². The highest BCUT2D eigenvalue weighted by Crippen LogP contribution is 2.47. The molecule has 0 aromatic carbocycles. The predicted molar refractivity (Wildman–Crippen MR) is 465 cm³/mol. The molecule has 0 spiro atoms. The second-order valence-electron chi connectivity index (χ2n) is 35.6. The number of H-pyrrole nitrogens is 2. The Bertz CT molecular complexity index is 4520. The lowest BCUT2D eigenvalue weighted by atomic mass is 10.1. The number of azide groups is 1. The fraction of sp³-hybridized carbons (Fsp3) is 0.747. The van der Waals surface area contributed by atoms with Crippen LogP contribution in [-0.2, 0) is 78.6 Å². The first-order chi connectivity index (χ1) is 59.7. The molecule has 48 nitrogen and oxygen atoms in total. The molecule has 10 atom stereocenters. The highest BCUT2D eigenvalue weighted by Gasteiger charge is 2.50. The van der Waals surface area contributed by atoms with E-state index in [-0.39, 0.29) is 19.3 Å². The first-order valence-electron chi connectivity index (χ1n) is 42.0. The summed E-state index contributed by atoms with van der Waals surface area (Å²) in [7, 11) is -8.26. The van der Waals surface area contributed by atoms with Gasteiger partial charge in [-0.25, -0.2) is 47.9 Å². The van der Waals surface area contributed by atoms with Gasteiger partial charge < -0.3 is 108 Å². The summed E-state index contributed by atoms with van der Waals surface area (Å²) in [5.74, 6) is 2.18. The van der Waals surface area contributed by atoms with E-state index in [1.54, 1.807) is 134 Å². The number of aliphatic hydroxyl groups excluding tert-OH is 2. The molecule has 0 radical (unpaired) electrons. The number of aliphatic hydroxyl groups is 2. The van der Waals surface area contributed by atoms with Gasteiger partial charge in [-0.2, -0.15) is 0 Å². The summed E-state index contributed by atoms with van der Waals surface area (Å²) in [6.07, 6.45) is -3.17. The van der Waals surface area contributed by atoms with Crippen LogP contribution >= 0.6 is 15.2 Å². The molecule has 3 aromatic rings. The van der Waals surface area contributed by atoms with Gasteiger partial charge in [0.1, 0.15) is 89.1 Å². The van der Waals surface area contributed by atoms with Gasteiger partial charge in [0.25, 0.3) is 11.1 Å². The molecule has 730 valence electrons. The minimum atomic E-state index is -4.19. The van der Waals surface area contributed by atoms with E-state index in [9.17, 15) is 86.7 Å². The highest BCUT2D eigenvalue weighted by molar-refractivity contribution is 7.52. The lowest BCUT2D eigenvalue weighted by molar-refractivity contribution is -0.0565. The van der Waals surface area contributed by atoms with Crippen LogP contribution in [0.2, 0.25) is 0 Å². The average molecular weight is 1880 g/mol. The number of nitrogens with zero attached hydrogens (tertiary/aromatic N) is 12. The fourth-order valence-corrected chi connectivity index (χ4v) is 13.0. The minimum absolute atomic E-state index is 0.0794. The Morgan fingerprint density at radius 2 is 0.899 bits per heavy atom. The van der Waals surface area contributed by atoms with Crippen molar-refractivity contribution in [1.29, 1.82) is 0 Å². The summed E-state index contributed by atoms with van der Waals surface area (Å²) < 4.78 is 91.7. The van der Waals surface area contributed by atoms with E-state index in [1.165, 1.54) is 6.92 Å². The number of unbranched alkanes of at least 4 members (excludes halogenated alkanes) is 2. The number of hydrogen-bond donors (Lipinski definition) is 10. The normalized spacial score (nSPS) is 18.3. The molecule has 2 saturated heterocycles. The average Bonchev–Trinajstić information content (AvgIpc) is 1.64. The summed E-state index contributed by atoms with van der Waals surface area (Å²) in [5, 5.41) is 43.2. The minimum Gasteiger partial charge on any atom is -0.447 e. The number of rotatable bonds is 40. The first-order valence-corrected chi connectivity index (χ1v) is 45.8. The summed E-state index contributed by atoms with van der Waals surface area (Å²) in [5.41, 5.74) is 1.79. The zero-order chi connectivity index (χ0) is 97.6. The van der Waals surface area contributed by atoms with Gasteiger partial charge in [0.05, 0.1) is 19.3 Å². The highest BCUT2D eigenvalue weighted by atomic mass is 31.2. The maximum absolute atomic E-state index is 13.2. The van der Waals surface area contributed by atoms with Gasteiger partial charge in [0.15, 0.2) is 12.5 Å². The zero-order valence-electron chi connectivity index (χ0n) is 77.4. The van der Waals surface area contributed by atoms with Crippen LogP contribution in [0.25, 0.3) is 10.4 Å². The van der Waals surface area contributed by atoms with Crippen molar-refractivity contribution in [3.63, 3.8) is 0 Å². The van der Waals surface area contributed by atoms with Crippen molar-refractivity contribution in [2.24, 2.45) is 5.11 Å². The van der Waals surface area contributed by atoms with E-state index in [2.05, 4.69) is 47.5 Å². The number of ether oxygens (including phenoxy) is 10. The lowest BCUT2D eigenvalue weighted by Gasteiger charge is -2.29. The Kier molecular flexibility index (Phi) is 45.9. The number of amides is 8. The van der Waals surface area contributed by atoms with Gasteiger partial charge >= 0.3 is 75.3 Å². The summed E-state index contributed by atoms with van der Waals surface area (Å²) in [6.45, 7) is 37.6. The molecule has 50 heteroatoms. The van der Waals surface area contributed by atoms with E-state index in [4.69, 9.17) is 68.4 Å². The van der Waals surface area contributed by atoms with Crippen molar-refractivity contribution < 1.29 is 124 Å². The SMILES string of the molecule is C#CCNC(=O)OC[C@H]1O[C@@H](n2ccc(=O)[nH]c2=O)[C@@H](O)C1OP(=O)(O)CC.CC(C)(C)OC(=O)NCCCN(CCCCN(CCCN=[N+]=[N-])C(=O)OC(C)(C)C)C(=O)OC(C)(C)C.CC(C)(C)OC(=O)NCCCN(CCCCN(CCCn1cc(CNC(=O)OC[C@H]2O[C@@H](n3ccc(=O)[nH]c3=O)[C@@H](O)C2OP(C)(=O)O)nn1)C(=O)OC(C)(C)C)C(=O)OC(C)(C)C. The molecular formula is C79H134N18O30P2. The molecule has 2 aliphatic rings. The molecule has 0 saturated carbocycles. The van der Waals surface area contributed by atoms with Crippen molar-refractivity contribution in [1.82, 2.24) is 75.0 Å². The molecule has 0 bridgehead atoms. The monoisotopic (exact) mass is 1880 g/mol. The Balaban J connectivity index is 0.000000555. The van der Waals surface area contributed by atoms with Crippen molar-refractivity contribution in [3.8, 4) is 12.3 Å². The third kappa shape index (κ3) is 47.2. The number of terminal acetylenes is 1. The molecule has 3 aromatic heterocycles. The number of aryl methyl sites for hydroxylation is 1. The van der Waals surface area contributed by atoms with Crippen molar-refractivity contribution in [2.75, 3.05) is 105 Å². The van der Waals surface area contributed by atoms with Crippen LogP contribution in [-0.4, -0.2) is 297 Å². The number of aromatic nitrogens is 7. The largest absolute Gasteiger partial charge is 0.447 e. The molecular weight excluding hydrogens is 1740 g/mol. The van der Waals surface area contributed by atoms with Crippen LogP contribution in [0.5, 0.6) is 0 Å². The maximum Gasteiger partial charge on any atom is 0.410 e. The number of aromatic amines is 2. The second-order valence-corrected chi connectivity index (χ2v) is 39.6. The van der Waals surface area contributed by atoms with Crippen LogP contribution in [0.4, 0.5) is 38.4 Å². The van der Waals surface area contributed by atoms with Crippen LogP contribution in [0.1, 0.15) is 201 Å². The van der Waals surface area contributed by atoms with E-state index >= 15 is 0 Å². The van der Waals surface area contributed by atoms with Crippen LogP contribution in [0.15, 0.2) is 55.0 Å². The molecule has 0 aliphatic carbocycles. The standard InChI is InChI=1S/C39H66N9O15P.C25H48N6O6.C15H20N3O9P/c1-37(2,3)60-34(53)40-16-13-19-45(35(54)61-38(4,5)6)17-11-12-18-46(36(55)62-39(7,8)9)20-14-21-47-24-26(43-44-47)23-41-33(52)58-25-27-30(63-64(10,56)57)29(50)31(59-27)48-22-15-28(49)42-32(48)51;1-23(2,3)35-20(32)27-14-12-18-30(21(33)36-24(4,5)6)16-10-11-17-31(19-13-15-28-29-26)22(34)37-25(7,8)9;1-3-6-16-15(22)25-8-9-12(27-28(23,24)4-2)11(20)13(26-9)18-7-5-10(19)17-14(18)21/h15,22,24,27,29-31,50H,11-14,16-21,23,25H2,1-10H3,(H,40,53)(H,41,52)(H,56,57)(H,42,49,51);10-19H2,1-9H3,(H,27,32);1,5,7,9,11-13,20H,4,6,8H2,2H3,(H,16,22)(H,23,24)(H,17,19,21)/t27-,29+,30?,31-;;9-,11+,12?,13-/m1.1/s1. The predicted octanol–water partition coefficient (Wildman–Crippen LogP) is 7.67. The van der Waals surface area contributed by atoms with Crippen LogP contribution < -0.4 is 43.8 Å². The van der Waals surface area contributed by atoms with Crippen LogP contribution in [0, 0.1) is 12.3 Å². The smallest absolute Gasteiger partial charge is 0.410 e. The molecule has 129 heavy (non-hydrogen) atoms. The van der Waals surface area contributed by atoms with Gasteiger partial charge in [0, 0.05) is 121 Å². The molecule has 2 aliphatic heterocycles. The topological polar surface area (TPSA) is 613 Å². The fourth-order valence-electron chi connectivity index (χ4n) is 11.4. The third-order valence-electron chi connectivity index (χ3n) is 16.9. The van der Waals surface area contributed by atoms with Gasteiger partial charge in [-0.1, -0.05) is 23.2 Å². The van der Waals surface area contributed by atoms with E-state index in [0.29, 0.717) is 136 Å². The van der Waals surface area contributed by atoms with Gasteiger partial charge in [-0.05, 0) is 182 Å². The quantitative estimate of drug-likeness (QED) is 0.00496. The Morgan fingerprint density at radius 1 is 0.543 bits per heavy atom. The molecule has 8 amide bonds. The lowest BCUT2D eigenvalue weighted by Crippen LogP contribution is -2.40. The molecule has 10 N–H and O–H groups in total. The molecule has 5 heterocycles. The third-order valence-corrected chi connectivity index (χ3v) is 18.9. The second kappa shape index (κ2) is 52.5. The number of hydrogen-bond acceptors (Lipinski definition) is 31. The van der Waals surface area contributed by atoms with Crippen LogP contribution in [0.3, 0.4) is 0 Å². The van der Waals surface area contributed by atoms with Gasteiger partial charge in [-0.15, -0.1) is 11.5 Å². The molecule has 5 rings (SSSR count). The van der Waals surface area contributed by atoms with Gasteiger partial charge in [0.2, 0.25) is 0 Å². The maximum atomic E-state index is 13.2. The van der Waals surface area contributed by atoms with Crippen molar-refractivity contribution in [3.05, 3.63) is 88.5 Å². The number of nitrogens with one attached hydrogen (secondary N) is 6. The van der Waals surface area contributed by atoms with Crippen molar-refractivity contribution >= 4 is 63.9 Å². The number of alkyl carbamates (subject to hydrolysis) is 4. The first kappa shape index (κ1) is 113. The number of carbonyl (C=O) groups excluding carboxylic acids is 8.